The summed E-state index contributed by atoms with van der Waals surface area (Å²) < 4.78 is 37.0. The van der Waals surface area contributed by atoms with Crippen molar-refractivity contribution in [3.05, 3.63) is 30.1 Å². The predicted octanol–water partition coefficient (Wildman–Crippen LogP) is 0.593. The molecule has 0 aromatic heterocycles. The second kappa shape index (κ2) is 7.29. The first-order valence-electron chi connectivity index (χ1n) is 8.53. The van der Waals surface area contributed by atoms with Gasteiger partial charge in [0, 0.05) is 39.3 Å². The number of halogens is 1. The molecular formula is C17H24FN3O3S. The van der Waals surface area contributed by atoms with Crippen LogP contribution in [0.2, 0.25) is 0 Å². The lowest BCUT2D eigenvalue weighted by Crippen LogP contribution is -2.51. The Kier molecular flexibility index (Phi) is 5.29. The molecular weight excluding hydrogens is 345 g/mol. The van der Waals surface area contributed by atoms with Crippen molar-refractivity contribution in [2.24, 2.45) is 0 Å². The third-order valence-electron chi connectivity index (χ3n) is 5.07. The van der Waals surface area contributed by atoms with Crippen molar-refractivity contribution in [1.29, 1.82) is 0 Å². The van der Waals surface area contributed by atoms with E-state index in [0.717, 1.165) is 0 Å². The maximum absolute atomic E-state index is 13.9. The summed E-state index contributed by atoms with van der Waals surface area (Å²) in [6.07, 6.45) is 0.519. The monoisotopic (exact) mass is 369 g/mol. The molecule has 138 valence electrons. The fourth-order valence-corrected chi connectivity index (χ4v) is 5.22. The van der Waals surface area contributed by atoms with Crippen LogP contribution in [0.5, 0.6) is 0 Å². The summed E-state index contributed by atoms with van der Waals surface area (Å²) in [7, 11) is -1.31. The lowest BCUT2D eigenvalue weighted by atomic mass is 10.2. The minimum absolute atomic E-state index is 0.0542. The molecule has 0 bridgehead atoms. The minimum Gasteiger partial charge on any atom is -0.367 e. The molecule has 1 amide bonds. The summed E-state index contributed by atoms with van der Waals surface area (Å²) in [5.41, 5.74) is 0.599. The van der Waals surface area contributed by atoms with E-state index in [1.54, 1.807) is 24.1 Å². The van der Waals surface area contributed by atoms with Gasteiger partial charge in [0.25, 0.3) is 0 Å². The maximum atomic E-state index is 13.9. The lowest BCUT2D eigenvalue weighted by Gasteiger charge is -2.36. The highest BCUT2D eigenvalue weighted by Crippen LogP contribution is 2.20. The molecule has 0 saturated carbocycles. The van der Waals surface area contributed by atoms with Crippen molar-refractivity contribution in [1.82, 2.24) is 9.80 Å². The normalized spacial score (nSPS) is 23.6. The highest BCUT2D eigenvalue weighted by molar-refractivity contribution is 7.91. The van der Waals surface area contributed by atoms with Gasteiger partial charge in [0.15, 0.2) is 9.84 Å². The smallest absolute Gasteiger partial charge is 0.236 e. The van der Waals surface area contributed by atoms with Gasteiger partial charge in [0.1, 0.15) is 5.82 Å². The number of amides is 1. The largest absolute Gasteiger partial charge is 0.367 e. The molecule has 8 heteroatoms. The fraction of sp³-hybridized carbons (Fsp3) is 0.588. The van der Waals surface area contributed by atoms with Gasteiger partial charge in [0.05, 0.1) is 23.7 Å². The average molecular weight is 369 g/mol. The summed E-state index contributed by atoms with van der Waals surface area (Å²) >= 11 is 0. The fourth-order valence-electron chi connectivity index (χ4n) is 3.44. The SMILES string of the molecule is CN(C(=O)CN1CCN(c2ccccc2F)CC1)C1CCS(=O)(=O)C1. The Morgan fingerprint density at radius 1 is 1.24 bits per heavy atom. The number of rotatable bonds is 4. The van der Waals surface area contributed by atoms with E-state index in [0.29, 0.717) is 38.3 Å². The van der Waals surface area contributed by atoms with Gasteiger partial charge in [-0.3, -0.25) is 9.69 Å². The minimum atomic E-state index is -3.00. The predicted molar refractivity (Wildman–Crippen MR) is 94.9 cm³/mol. The Labute approximate surface area is 148 Å². The topological polar surface area (TPSA) is 60.9 Å². The van der Waals surface area contributed by atoms with Gasteiger partial charge in [-0.15, -0.1) is 0 Å². The maximum Gasteiger partial charge on any atom is 0.236 e. The molecule has 1 aromatic carbocycles. The summed E-state index contributed by atoms with van der Waals surface area (Å²) in [5, 5.41) is 0. The highest BCUT2D eigenvalue weighted by atomic mass is 32.2. The van der Waals surface area contributed by atoms with Gasteiger partial charge in [-0.1, -0.05) is 12.1 Å². The van der Waals surface area contributed by atoms with Crippen LogP contribution in [-0.2, 0) is 14.6 Å². The zero-order valence-corrected chi connectivity index (χ0v) is 15.2. The van der Waals surface area contributed by atoms with Gasteiger partial charge in [-0.25, -0.2) is 12.8 Å². The van der Waals surface area contributed by atoms with Crippen molar-refractivity contribution in [2.75, 3.05) is 56.2 Å². The number of anilines is 1. The molecule has 2 fully saturated rings. The van der Waals surface area contributed by atoms with Gasteiger partial charge in [-0.05, 0) is 18.6 Å². The molecule has 0 radical (unpaired) electrons. The molecule has 0 aliphatic carbocycles. The number of hydrogen-bond donors (Lipinski definition) is 0. The van der Waals surface area contributed by atoms with Crippen molar-refractivity contribution in [3.63, 3.8) is 0 Å². The number of sulfone groups is 1. The van der Waals surface area contributed by atoms with Crippen molar-refractivity contribution < 1.29 is 17.6 Å². The number of hydrogen-bond acceptors (Lipinski definition) is 5. The van der Waals surface area contributed by atoms with Crippen LogP contribution < -0.4 is 4.90 Å². The van der Waals surface area contributed by atoms with Gasteiger partial charge in [0.2, 0.25) is 5.91 Å². The van der Waals surface area contributed by atoms with E-state index >= 15 is 0 Å². The first-order chi connectivity index (χ1) is 11.9. The van der Waals surface area contributed by atoms with Crippen LogP contribution in [0, 0.1) is 5.82 Å². The Morgan fingerprint density at radius 3 is 2.52 bits per heavy atom. The third-order valence-corrected chi connectivity index (χ3v) is 6.82. The quantitative estimate of drug-likeness (QED) is 0.778. The summed E-state index contributed by atoms with van der Waals surface area (Å²) in [6.45, 7) is 2.96. The van der Waals surface area contributed by atoms with Crippen molar-refractivity contribution >= 4 is 21.4 Å². The average Bonchev–Trinajstić information content (AvgIpc) is 2.95. The van der Waals surface area contributed by atoms with Crippen LogP contribution in [-0.4, -0.2) is 81.4 Å². The highest BCUT2D eigenvalue weighted by Gasteiger charge is 2.33. The van der Waals surface area contributed by atoms with Crippen LogP contribution >= 0.6 is 0 Å². The molecule has 6 nitrogen and oxygen atoms in total. The Morgan fingerprint density at radius 2 is 1.92 bits per heavy atom. The first-order valence-corrected chi connectivity index (χ1v) is 10.4. The number of para-hydroxylation sites is 1. The van der Waals surface area contributed by atoms with Crippen LogP contribution in [0.3, 0.4) is 0 Å². The summed E-state index contributed by atoms with van der Waals surface area (Å²) in [4.78, 5) is 18.0. The van der Waals surface area contributed by atoms with Crippen LogP contribution in [0.4, 0.5) is 10.1 Å². The number of likely N-dealkylation sites (N-methyl/N-ethyl adjacent to an activating group) is 1. The summed E-state index contributed by atoms with van der Waals surface area (Å²) in [5.74, 6) is -0.0527. The lowest BCUT2D eigenvalue weighted by molar-refractivity contribution is -0.132. The van der Waals surface area contributed by atoms with E-state index in [1.807, 2.05) is 15.9 Å². The molecule has 2 saturated heterocycles. The van der Waals surface area contributed by atoms with Crippen molar-refractivity contribution in [2.45, 2.75) is 12.5 Å². The van der Waals surface area contributed by atoms with E-state index in [4.69, 9.17) is 0 Å². The molecule has 25 heavy (non-hydrogen) atoms. The molecule has 2 heterocycles. The van der Waals surface area contributed by atoms with E-state index < -0.39 is 9.84 Å². The zero-order valence-electron chi connectivity index (χ0n) is 14.4. The van der Waals surface area contributed by atoms with E-state index in [9.17, 15) is 17.6 Å². The molecule has 0 spiro atoms. The molecule has 3 rings (SSSR count). The van der Waals surface area contributed by atoms with E-state index in [2.05, 4.69) is 0 Å². The van der Waals surface area contributed by atoms with E-state index in [-0.39, 0.29) is 35.8 Å². The molecule has 1 unspecified atom stereocenters. The number of benzene rings is 1. The Bertz CT molecular complexity index is 732. The van der Waals surface area contributed by atoms with Gasteiger partial charge >= 0.3 is 0 Å². The Balaban J connectivity index is 1.50. The molecule has 0 N–H and O–H groups in total. The number of piperazine rings is 1. The molecule has 1 atom stereocenters. The Hall–Kier alpha value is -1.67. The van der Waals surface area contributed by atoms with Gasteiger partial charge in [-0.2, -0.15) is 0 Å². The third kappa shape index (κ3) is 4.30. The zero-order chi connectivity index (χ0) is 18.0. The first kappa shape index (κ1) is 18.1. The number of carbonyl (C=O) groups excluding carboxylic acids is 1. The van der Waals surface area contributed by atoms with Crippen LogP contribution in [0.15, 0.2) is 24.3 Å². The standard InChI is InChI=1S/C17H24FN3O3S/c1-19(14-6-11-25(23,24)13-14)17(22)12-20-7-9-21(10-8-20)16-5-3-2-4-15(16)18/h2-5,14H,6-13H2,1H3. The van der Waals surface area contributed by atoms with Crippen molar-refractivity contribution in [3.8, 4) is 0 Å². The molecule has 2 aliphatic heterocycles. The van der Waals surface area contributed by atoms with E-state index in [1.165, 1.54) is 6.07 Å². The number of nitrogens with zero attached hydrogens (tertiary/aromatic N) is 3. The van der Waals surface area contributed by atoms with Crippen LogP contribution in [0.25, 0.3) is 0 Å². The second-order valence-electron chi connectivity index (χ2n) is 6.78. The van der Waals surface area contributed by atoms with Gasteiger partial charge < -0.3 is 9.80 Å². The molecule has 2 aliphatic rings. The summed E-state index contributed by atoms with van der Waals surface area (Å²) in [6, 6.07) is 6.50. The number of carbonyl (C=O) groups is 1. The molecule has 1 aromatic rings. The second-order valence-corrected chi connectivity index (χ2v) is 9.00. The van der Waals surface area contributed by atoms with Crippen LogP contribution in [0.1, 0.15) is 6.42 Å².